The lowest BCUT2D eigenvalue weighted by Crippen LogP contribution is -2.52. The van der Waals surface area contributed by atoms with E-state index in [0.29, 0.717) is 17.0 Å². The molecule has 10 heteroatoms. The number of alkyl halides is 3. The molecule has 6 nitrogen and oxygen atoms in total. The van der Waals surface area contributed by atoms with Crippen LogP contribution in [-0.2, 0) is 4.79 Å². The summed E-state index contributed by atoms with van der Waals surface area (Å²) in [5, 5.41) is 9.95. The molecule has 29 heavy (non-hydrogen) atoms. The molecule has 1 N–H and O–H groups in total. The molecule has 1 saturated heterocycles. The van der Waals surface area contributed by atoms with Gasteiger partial charge in [0.05, 0.1) is 27.6 Å². The number of thiazole rings is 1. The smallest absolute Gasteiger partial charge is 0.390 e. The number of halogens is 3. The number of hydrogen-bond acceptors (Lipinski definition) is 6. The molecular weight excluding hydrogens is 405 g/mol. The average molecular weight is 422 g/mol. The molecule has 0 amide bonds. The summed E-state index contributed by atoms with van der Waals surface area (Å²) >= 11 is 1.42. The predicted molar refractivity (Wildman–Crippen MR) is 102 cm³/mol. The van der Waals surface area contributed by atoms with E-state index in [1.807, 2.05) is 0 Å². The summed E-state index contributed by atoms with van der Waals surface area (Å²) < 4.78 is 41.2. The maximum Gasteiger partial charge on any atom is 0.390 e. The Hall–Kier alpha value is -2.75. The fourth-order valence-electron chi connectivity index (χ4n) is 4.05. The Bertz CT molecular complexity index is 1030. The van der Waals surface area contributed by atoms with Gasteiger partial charge in [-0.2, -0.15) is 13.2 Å². The van der Waals surface area contributed by atoms with E-state index < -0.39 is 29.9 Å². The molecule has 0 bridgehead atoms. The fourth-order valence-corrected chi connectivity index (χ4v) is 4.71. The first kappa shape index (κ1) is 19.6. The van der Waals surface area contributed by atoms with Crippen LogP contribution in [0.5, 0.6) is 0 Å². The van der Waals surface area contributed by atoms with Crippen LogP contribution in [0.4, 0.5) is 19.1 Å². The molecule has 0 radical (unpaired) electrons. The number of aromatic nitrogens is 3. The van der Waals surface area contributed by atoms with E-state index in [9.17, 15) is 23.1 Å². The van der Waals surface area contributed by atoms with Gasteiger partial charge in [0.2, 0.25) is 5.95 Å². The molecular formula is C19H17F3N4O2S. The lowest BCUT2D eigenvalue weighted by Gasteiger charge is -2.45. The highest BCUT2D eigenvalue weighted by Gasteiger charge is 2.55. The quantitative estimate of drug-likeness (QED) is 0.682. The van der Waals surface area contributed by atoms with Crippen LogP contribution in [0.2, 0.25) is 0 Å². The molecule has 4 rings (SSSR count). The molecule has 0 spiro atoms. The van der Waals surface area contributed by atoms with E-state index in [1.165, 1.54) is 11.3 Å². The molecule has 1 fully saturated rings. The van der Waals surface area contributed by atoms with Gasteiger partial charge in [0.25, 0.3) is 0 Å². The van der Waals surface area contributed by atoms with E-state index in [-0.39, 0.29) is 19.5 Å². The van der Waals surface area contributed by atoms with Crippen molar-refractivity contribution in [3.8, 4) is 0 Å². The number of carboxylic acids is 1. The van der Waals surface area contributed by atoms with Crippen LogP contribution in [0.1, 0.15) is 24.3 Å². The minimum absolute atomic E-state index is 0.0715. The second-order valence-corrected chi connectivity index (χ2v) is 8.02. The summed E-state index contributed by atoms with van der Waals surface area (Å²) in [6, 6.07) is 6.82. The molecule has 2 atom stereocenters. The van der Waals surface area contributed by atoms with Crippen LogP contribution in [-0.4, -0.2) is 45.3 Å². The van der Waals surface area contributed by atoms with Crippen LogP contribution in [0, 0.1) is 5.41 Å². The largest absolute Gasteiger partial charge is 0.481 e. The number of carbonyl (C=O) groups is 1. The van der Waals surface area contributed by atoms with E-state index >= 15 is 0 Å². The van der Waals surface area contributed by atoms with Gasteiger partial charge in [-0.3, -0.25) is 4.79 Å². The van der Waals surface area contributed by atoms with E-state index in [0.717, 1.165) is 4.70 Å². The third-order valence-electron chi connectivity index (χ3n) is 5.43. The van der Waals surface area contributed by atoms with Crippen LogP contribution in [0.25, 0.3) is 10.2 Å². The zero-order valence-electron chi connectivity index (χ0n) is 15.1. The van der Waals surface area contributed by atoms with Crippen molar-refractivity contribution in [2.24, 2.45) is 5.41 Å². The van der Waals surface area contributed by atoms with Gasteiger partial charge in [0.1, 0.15) is 0 Å². The van der Waals surface area contributed by atoms with E-state index in [4.69, 9.17) is 0 Å². The van der Waals surface area contributed by atoms with Gasteiger partial charge >= 0.3 is 12.1 Å². The maximum atomic E-state index is 13.4. The topological polar surface area (TPSA) is 79.2 Å². The van der Waals surface area contributed by atoms with Crippen molar-refractivity contribution in [3.05, 3.63) is 47.7 Å². The summed E-state index contributed by atoms with van der Waals surface area (Å²) in [6.07, 6.45) is -3.06. The van der Waals surface area contributed by atoms with Gasteiger partial charge in [-0.15, -0.1) is 11.3 Å². The lowest BCUT2D eigenvalue weighted by atomic mass is 9.65. The average Bonchev–Trinajstić information content (AvgIpc) is 3.15. The van der Waals surface area contributed by atoms with Gasteiger partial charge in [0.15, 0.2) is 0 Å². The summed E-state index contributed by atoms with van der Waals surface area (Å²) in [4.78, 5) is 26.6. The molecule has 2 aromatic heterocycles. The highest BCUT2D eigenvalue weighted by atomic mass is 32.1. The predicted octanol–water partition coefficient (Wildman–Crippen LogP) is 4.10. The lowest BCUT2D eigenvalue weighted by molar-refractivity contribution is -0.184. The Morgan fingerprint density at radius 3 is 2.72 bits per heavy atom. The Morgan fingerprint density at radius 1 is 1.28 bits per heavy atom. The molecule has 3 heterocycles. The standard InChI is InChI=1S/C19H17F3N4O2S/c20-19(21,22)10-18(16(27)28)4-7-26(17-23-5-1-6-24-17)9-13(18)12-2-3-15-14(8-12)25-11-29-15/h1-3,5-6,8,11,13H,4,7,9-10H2,(H,27,28). The van der Waals surface area contributed by atoms with Crippen LogP contribution in [0.3, 0.4) is 0 Å². The Labute approximate surface area is 168 Å². The highest BCUT2D eigenvalue weighted by Crippen LogP contribution is 2.50. The number of nitrogens with zero attached hydrogens (tertiary/aromatic N) is 4. The van der Waals surface area contributed by atoms with Crippen molar-refractivity contribution >= 4 is 33.5 Å². The molecule has 0 saturated carbocycles. The number of anilines is 1. The molecule has 1 aliphatic rings. The van der Waals surface area contributed by atoms with Crippen molar-refractivity contribution in [2.45, 2.75) is 24.9 Å². The molecule has 0 aliphatic carbocycles. The summed E-state index contributed by atoms with van der Waals surface area (Å²) in [7, 11) is 0. The zero-order chi connectivity index (χ0) is 20.6. The van der Waals surface area contributed by atoms with Gasteiger partial charge in [-0.05, 0) is 30.2 Å². The number of benzene rings is 1. The van der Waals surface area contributed by atoms with Gasteiger partial charge < -0.3 is 10.0 Å². The van der Waals surface area contributed by atoms with E-state index in [1.54, 1.807) is 47.1 Å². The number of rotatable bonds is 4. The minimum atomic E-state index is -4.60. The Balaban J connectivity index is 1.80. The monoisotopic (exact) mass is 422 g/mol. The van der Waals surface area contributed by atoms with Crippen LogP contribution >= 0.6 is 11.3 Å². The Morgan fingerprint density at radius 2 is 2.03 bits per heavy atom. The number of aliphatic carboxylic acids is 1. The summed E-state index contributed by atoms with van der Waals surface area (Å²) in [6.45, 7) is 0.198. The van der Waals surface area contributed by atoms with Crippen molar-refractivity contribution in [1.82, 2.24) is 15.0 Å². The maximum absolute atomic E-state index is 13.4. The first-order valence-electron chi connectivity index (χ1n) is 8.94. The van der Waals surface area contributed by atoms with Crippen LogP contribution < -0.4 is 4.90 Å². The van der Waals surface area contributed by atoms with Crippen molar-refractivity contribution in [2.75, 3.05) is 18.0 Å². The van der Waals surface area contributed by atoms with Gasteiger partial charge in [-0.25, -0.2) is 15.0 Å². The second-order valence-electron chi connectivity index (χ2n) is 7.13. The molecule has 3 aromatic rings. The normalized spacial score (nSPS) is 22.7. The Kier molecular flexibility index (Phi) is 4.89. The number of piperidine rings is 1. The zero-order valence-corrected chi connectivity index (χ0v) is 16.0. The SMILES string of the molecule is O=C(O)C1(CC(F)(F)F)CCN(c2ncccn2)CC1c1ccc2scnc2c1. The van der Waals surface area contributed by atoms with Gasteiger partial charge in [0, 0.05) is 31.4 Å². The first-order valence-corrected chi connectivity index (χ1v) is 9.82. The van der Waals surface area contributed by atoms with Crippen LogP contribution in [0.15, 0.2) is 42.2 Å². The number of hydrogen-bond donors (Lipinski definition) is 1. The molecule has 2 unspecified atom stereocenters. The van der Waals surface area contributed by atoms with Crippen molar-refractivity contribution in [1.29, 1.82) is 0 Å². The third-order valence-corrected chi connectivity index (χ3v) is 6.24. The molecule has 1 aromatic carbocycles. The number of fused-ring (bicyclic) bond motifs is 1. The second kappa shape index (κ2) is 7.25. The third kappa shape index (κ3) is 3.76. The van der Waals surface area contributed by atoms with Crippen molar-refractivity contribution in [3.63, 3.8) is 0 Å². The summed E-state index contributed by atoms with van der Waals surface area (Å²) in [5.74, 6) is -1.96. The van der Waals surface area contributed by atoms with Crippen molar-refractivity contribution < 1.29 is 23.1 Å². The molecule has 152 valence electrons. The highest BCUT2D eigenvalue weighted by molar-refractivity contribution is 7.16. The molecule has 1 aliphatic heterocycles. The summed E-state index contributed by atoms with van der Waals surface area (Å²) in [5.41, 5.74) is 0.856. The number of carboxylic acid groups (broad SMARTS) is 1. The fraction of sp³-hybridized carbons (Fsp3) is 0.368. The van der Waals surface area contributed by atoms with Gasteiger partial charge in [-0.1, -0.05) is 6.07 Å². The van der Waals surface area contributed by atoms with E-state index in [2.05, 4.69) is 15.0 Å². The first-order chi connectivity index (χ1) is 13.8. The minimum Gasteiger partial charge on any atom is -0.481 e.